The van der Waals surface area contributed by atoms with Gasteiger partial charge in [-0.1, -0.05) is 68.4 Å². The van der Waals surface area contributed by atoms with Crippen LogP contribution in [0.15, 0.2) is 66.3 Å². The van der Waals surface area contributed by atoms with Crippen LogP contribution in [-0.2, 0) is 16.1 Å². The van der Waals surface area contributed by atoms with Crippen LogP contribution in [0.25, 0.3) is 0 Å². The summed E-state index contributed by atoms with van der Waals surface area (Å²) >= 11 is 7.42. The summed E-state index contributed by atoms with van der Waals surface area (Å²) in [5, 5.41) is 15.3. The van der Waals surface area contributed by atoms with Crippen LogP contribution in [0.3, 0.4) is 0 Å². The van der Waals surface area contributed by atoms with Gasteiger partial charge in [-0.25, -0.2) is 4.79 Å². The standard InChI is InChI=1S/C28H32ClN5O4S/c1-5-14-34-25(24(18(3)4)31-26(36)21-12-7-8-13-22(21)29)32-33-28(34)39-17-23(35)30-20-11-9-10-19(16-20)27(37)38-15-6-2/h5,7-13,16,18,24H,1,6,14-15,17H2,2-4H3,(H,30,35)(H,31,36)/t24-/m1/s1. The fraction of sp³-hybridized carbons (Fsp3) is 0.321. The minimum absolute atomic E-state index is 0.0124. The number of benzene rings is 2. The number of thioether (sulfide) groups is 1. The maximum Gasteiger partial charge on any atom is 0.338 e. The molecule has 0 fully saturated rings. The highest BCUT2D eigenvalue weighted by molar-refractivity contribution is 7.99. The lowest BCUT2D eigenvalue weighted by Crippen LogP contribution is -2.34. The summed E-state index contributed by atoms with van der Waals surface area (Å²) in [6.45, 7) is 10.4. The third kappa shape index (κ3) is 8.18. The molecular formula is C28H32ClN5O4S. The third-order valence-electron chi connectivity index (χ3n) is 5.56. The molecule has 0 radical (unpaired) electrons. The molecule has 0 bridgehead atoms. The van der Waals surface area contributed by atoms with Gasteiger partial charge >= 0.3 is 5.97 Å². The molecule has 0 saturated carbocycles. The first-order valence-corrected chi connectivity index (χ1v) is 13.9. The van der Waals surface area contributed by atoms with Crippen LogP contribution in [0.4, 0.5) is 5.69 Å². The smallest absolute Gasteiger partial charge is 0.338 e. The van der Waals surface area contributed by atoms with E-state index in [1.54, 1.807) is 54.6 Å². The van der Waals surface area contributed by atoms with E-state index >= 15 is 0 Å². The largest absolute Gasteiger partial charge is 0.462 e. The van der Waals surface area contributed by atoms with Gasteiger partial charge in [0, 0.05) is 12.2 Å². The van der Waals surface area contributed by atoms with E-state index in [-0.39, 0.29) is 23.5 Å². The Morgan fingerprint density at radius 3 is 2.62 bits per heavy atom. The number of allylic oxidation sites excluding steroid dienone is 1. The Morgan fingerprint density at radius 1 is 1.15 bits per heavy atom. The highest BCUT2D eigenvalue weighted by Crippen LogP contribution is 2.26. The Bertz CT molecular complexity index is 1330. The zero-order valence-electron chi connectivity index (χ0n) is 22.1. The maximum atomic E-state index is 13.0. The van der Waals surface area contributed by atoms with Gasteiger partial charge in [0.05, 0.1) is 34.6 Å². The van der Waals surface area contributed by atoms with Gasteiger partial charge in [0.1, 0.15) is 0 Å². The molecule has 39 heavy (non-hydrogen) atoms. The Balaban J connectivity index is 1.71. The van der Waals surface area contributed by atoms with E-state index in [1.165, 1.54) is 11.8 Å². The molecule has 9 nitrogen and oxygen atoms in total. The lowest BCUT2D eigenvalue weighted by atomic mass is 10.0. The van der Waals surface area contributed by atoms with Gasteiger partial charge in [-0.3, -0.25) is 9.59 Å². The number of amides is 2. The number of rotatable bonds is 13. The molecule has 2 amide bonds. The van der Waals surface area contributed by atoms with Crippen molar-refractivity contribution in [3.63, 3.8) is 0 Å². The average Bonchev–Trinajstić information content (AvgIpc) is 3.31. The molecule has 2 aromatic carbocycles. The van der Waals surface area contributed by atoms with E-state index in [9.17, 15) is 14.4 Å². The fourth-order valence-electron chi connectivity index (χ4n) is 3.66. The van der Waals surface area contributed by atoms with E-state index in [0.717, 1.165) is 6.42 Å². The molecule has 11 heteroatoms. The lowest BCUT2D eigenvalue weighted by molar-refractivity contribution is -0.113. The summed E-state index contributed by atoms with van der Waals surface area (Å²) in [6, 6.07) is 13.0. The first-order valence-electron chi connectivity index (χ1n) is 12.5. The molecule has 0 aliphatic carbocycles. The van der Waals surface area contributed by atoms with Crippen LogP contribution in [0, 0.1) is 5.92 Å². The molecule has 0 spiro atoms. The molecule has 1 heterocycles. The fourth-order valence-corrected chi connectivity index (χ4v) is 4.64. The summed E-state index contributed by atoms with van der Waals surface area (Å²) in [5.41, 5.74) is 1.22. The second-order valence-corrected chi connectivity index (χ2v) is 10.3. The van der Waals surface area contributed by atoms with Gasteiger partial charge in [0.15, 0.2) is 11.0 Å². The van der Waals surface area contributed by atoms with Gasteiger partial charge in [0.2, 0.25) is 5.91 Å². The average molecular weight is 570 g/mol. The Kier molecular flexibility index (Phi) is 11.1. The topological polar surface area (TPSA) is 115 Å². The number of nitrogens with one attached hydrogen (secondary N) is 2. The van der Waals surface area contributed by atoms with Crippen molar-refractivity contribution in [2.24, 2.45) is 5.92 Å². The number of nitrogens with zero attached hydrogens (tertiary/aromatic N) is 3. The number of carbonyl (C=O) groups is 3. The number of hydrogen-bond acceptors (Lipinski definition) is 7. The highest BCUT2D eigenvalue weighted by Gasteiger charge is 2.27. The Labute approximate surface area is 237 Å². The SMILES string of the molecule is C=CCn1c(SCC(=O)Nc2cccc(C(=O)OCCC)c2)nnc1[C@H](NC(=O)c1ccccc1Cl)C(C)C. The molecule has 0 aliphatic heterocycles. The van der Waals surface area contributed by atoms with E-state index in [4.69, 9.17) is 16.3 Å². The summed E-state index contributed by atoms with van der Waals surface area (Å²) < 4.78 is 6.98. The molecule has 1 atom stereocenters. The second kappa shape index (κ2) is 14.5. The first kappa shape index (κ1) is 29.9. The summed E-state index contributed by atoms with van der Waals surface area (Å²) in [5.74, 6) is -0.442. The predicted octanol–water partition coefficient (Wildman–Crippen LogP) is 5.54. The molecule has 206 valence electrons. The van der Waals surface area contributed by atoms with Crippen molar-refractivity contribution in [1.29, 1.82) is 0 Å². The van der Waals surface area contributed by atoms with E-state index in [1.807, 2.05) is 25.3 Å². The monoisotopic (exact) mass is 569 g/mol. The number of anilines is 1. The van der Waals surface area contributed by atoms with Gasteiger partial charge in [-0.2, -0.15) is 0 Å². The van der Waals surface area contributed by atoms with Gasteiger partial charge in [-0.05, 0) is 42.7 Å². The minimum atomic E-state index is -0.459. The van der Waals surface area contributed by atoms with Gasteiger partial charge in [0.25, 0.3) is 5.91 Å². The molecule has 0 unspecified atom stereocenters. The zero-order valence-corrected chi connectivity index (χ0v) is 23.7. The van der Waals surface area contributed by atoms with Crippen LogP contribution in [0.5, 0.6) is 0 Å². The predicted molar refractivity (Wildman–Crippen MR) is 153 cm³/mol. The number of aromatic nitrogens is 3. The number of ether oxygens (including phenoxy) is 1. The number of hydrogen-bond donors (Lipinski definition) is 2. The van der Waals surface area contributed by atoms with Crippen LogP contribution < -0.4 is 10.6 Å². The van der Waals surface area contributed by atoms with Crippen molar-refractivity contribution in [1.82, 2.24) is 20.1 Å². The summed E-state index contributed by atoms with van der Waals surface area (Å²) in [6.07, 6.45) is 2.43. The molecule has 3 rings (SSSR count). The van der Waals surface area contributed by atoms with Crippen molar-refractivity contribution < 1.29 is 19.1 Å². The number of carbonyl (C=O) groups excluding carboxylic acids is 3. The lowest BCUT2D eigenvalue weighted by Gasteiger charge is -2.23. The molecular weight excluding hydrogens is 538 g/mol. The summed E-state index contributed by atoms with van der Waals surface area (Å²) in [4.78, 5) is 37.8. The van der Waals surface area contributed by atoms with Gasteiger partial charge in [-0.15, -0.1) is 16.8 Å². The molecule has 0 aliphatic rings. The van der Waals surface area contributed by atoms with E-state index in [2.05, 4.69) is 27.4 Å². The van der Waals surface area contributed by atoms with Crippen LogP contribution >= 0.6 is 23.4 Å². The molecule has 2 N–H and O–H groups in total. The maximum absolute atomic E-state index is 13.0. The Morgan fingerprint density at radius 2 is 1.92 bits per heavy atom. The van der Waals surface area contributed by atoms with E-state index < -0.39 is 12.0 Å². The van der Waals surface area contributed by atoms with Crippen molar-refractivity contribution in [3.05, 3.63) is 83.2 Å². The quantitative estimate of drug-likeness (QED) is 0.158. The molecule has 0 saturated heterocycles. The van der Waals surface area contributed by atoms with E-state index in [0.29, 0.717) is 46.0 Å². The van der Waals surface area contributed by atoms with Crippen molar-refractivity contribution >= 4 is 46.8 Å². The van der Waals surface area contributed by atoms with Crippen molar-refractivity contribution in [2.45, 2.75) is 44.9 Å². The van der Waals surface area contributed by atoms with Crippen molar-refractivity contribution in [3.8, 4) is 0 Å². The van der Waals surface area contributed by atoms with Crippen molar-refractivity contribution in [2.75, 3.05) is 17.7 Å². The van der Waals surface area contributed by atoms with Crippen LogP contribution in [0.2, 0.25) is 5.02 Å². The van der Waals surface area contributed by atoms with Crippen LogP contribution in [-0.4, -0.2) is 44.9 Å². The molecule has 3 aromatic rings. The highest BCUT2D eigenvalue weighted by atomic mass is 35.5. The van der Waals surface area contributed by atoms with Crippen LogP contribution in [0.1, 0.15) is 59.8 Å². The first-order chi connectivity index (χ1) is 18.7. The number of esters is 1. The normalized spacial score (nSPS) is 11.6. The van der Waals surface area contributed by atoms with Gasteiger partial charge < -0.3 is 19.9 Å². The summed E-state index contributed by atoms with van der Waals surface area (Å²) in [7, 11) is 0. The third-order valence-corrected chi connectivity index (χ3v) is 6.86. The number of halogens is 1. The zero-order chi connectivity index (χ0) is 28.4. The second-order valence-electron chi connectivity index (χ2n) is 8.97. The Hall–Kier alpha value is -3.63. The minimum Gasteiger partial charge on any atom is -0.462 e. The molecule has 1 aromatic heterocycles.